The van der Waals surface area contributed by atoms with Crippen molar-refractivity contribution in [3.8, 4) is 5.75 Å². The van der Waals surface area contributed by atoms with Crippen molar-refractivity contribution >= 4 is 28.5 Å². The number of hydrazone groups is 1. The van der Waals surface area contributed by atoms with E-state index in [9.17, 15) is 4.39 Å². The molecule has 0 radical (unpaired) electrons. The first-order valence-corrected chi connectivity index (χ1v) is 5.90. The van der Waals surface area contributed by atoms with Crippen molar-refractivity contribution in [1.29, 1.82) is 0 Å². The van der Waals surface area contributed by atoms with Gasteiger partial charge in [0.25, 0.3) is 0 Å². The van der Waals surface area contributed by atoms with Crippen molar-refractivity contribution in [3.05, 3.63) is 35.0 Å². The number of rotatable bonds is 4. The third-order valence-electron chi connectivity index (χ3n) is 2.09. The smallest absolute Gasteiger partial charge is 0.205 e. The van der Waals surface area contributed by atoms with Gasteiger partial charge in [-0.25, -0.2) is 9.37 Å². The number of nitrogen functional groups attached to an aromatic ring is 1. The third-order valence-corrected chi connectivity index (χ3v) is 2.86. The Hall–Kier alpha value is -2.15. The van der Waals surface area contributed by atoms with E-state index >= 15 is 0 Å². The van der Waals surface area contributed by atoms with Crippen molar-refractivity contribution in [3.63, 3.8) is 0 Å². The standard InChI is InChI=1S/C11H11FN4OS/c1-17-8-3-2-7(9(12)4-8)5-14-16-11-15-10(13)6-18-11/h2-6H,13H2,1H3,(H,15,16). The van der Waals surface area contributed by atoms with E-state index in [1.807, 2.05) is 0 Å². The second-order valence-electron chi connectivity index (χ2n) is 3.33. The summed E-state index contributed by atoms with van der Waals surface area (Å²) in [6.07, 6.45) is 1.37. The van der Waals surface area contributed by atoms with Crippen molar-refractivity contribution < 1.29 is 9.13 Å². The number of benzene rings is 1. The van der Waals surface area contributed by atoms with Gasteiger partial charge < -0.3 is 10.5 Å². The van der Waals surface area contributed by atoms with E-state index in [1.54, 1.807) is 17.5 Å². The number of hydrogen-bond donors (Lipinski definition) is 2. The fourth-order valence-corrected chi connectivity index (χ4v) is 1.78. The maximum Gasteiger partial charge on any atom is 0.205 e. The van der Waals surface area contributed by atoms with Gasteiger partial charge in [0.1, 0.15) is 17.4 Å². The quantitative estimate of drug-likeness (QED) is 0.658. The van der Waals surface area contributed by atoms with Gasteiger partial charge in [-0.15, -0.1) is 11.3 Å². The minimum Gasteiger partial charge on any atom is -0.497 e. The Bertz CT molecular complexity index is 570. The molecule has 94 valence electrons. The zero-order valence-electron chi connectivity index (χ0n) is 9.55. The molecule has 3 N–H and O–H groups in total. The first-order valence-electron chi connectivity index (χ1n) is 5.02. The maximum atomic E-state index is 13.5. The van der Waals surface area contributed by atoms with Crippen molar-refractivity contribution in [2.45, 2.75) is 0 Å². The van der Waals surface area contributed by atoms with E-state index in [0.29, 0.717) is 22.3 Å². The third kappa shape index (κ3) is 2.95. The first-order chi connectivity index (χ1) is 8.69. The second-order valence-corrected chi connectivity index (χ2v) is 4.19. The van der Waals surface area contributed by atoms with E-state index in [1.165, 1.54) is 30.7 Å². The molecule has 0 saturated heterocycles. The monoisotopic (exact) mass is 266 g/mol. The molecular formula is C11H11FN4OS. The molecule has 7 heteroatoms. The Morgan fingerprint density at radius 2 is 2.39 bits per heavy atom. The highest BCUT2D eigenvalue weighted by Crippen LogP contribution is 2.17. The number of nitrogens with two attached hydrogens (primary N) is 1. The molecule has 0 atom stereocenters. The molecule has 0 aliphatic heterocycles. The number of nitrogens with one attached hydrogen (secondary N) is 1. The lowest BCUT2D eigenvalue weighted by molar-refractivity contribution is 0.411. The van der Waals surface area contributed by atoms with Crippen molar-refractivity contribution in [2.75, 3.05) is 18.3 Å². The molecule has 0 amide bonds. The number of hydrogen-bond acceptors (Lipinski definition) is 6. The maximum absolute atomic E-state index is 13.5. The topological polar surface area (TPSA) is 72.5 Å². The molecule has 2 rings (SSSR count). The van der Waals surface area contributed by atoms with E-state index in [4.69, 9.17) is 10.5 Å². The average Bonchev–Trinajstić information content (AvgIpc) is 2.77. The van der Waals surface area contributed by atoms with Crippen LogP contribution in [0.15, 0.2) is 28.7 Å². The number of thiazole rings is 1. The van der Waals surface area contributed by atoms with E-state index in [-0.39, 0.29) is 0 Å². The summed E-state index contributed by atoms with van der Waals surface area (Å²) in [6, 6.07) is 4.53. The van der Waals surface area contributed by atoms with Crippen LogP contribution in [0, 0.1) is 5.82 Å². The van der Waals surface area contributed by atoms with Crippen LogP contribution in [0.5, 0.6) is 5.75 Å². The summed E-state index contributed by atoms with van der Waals surface area (Å²) in [5.74, 6) is 0.484. The predicted molar refractivity (Wildman–Crippen MR) is 70.7 cm³/mol. The van der Waals surface area contributed by atoms with Gasteiger partial charge >= 0.3 is 0 Å². The SMILES string of the molecule is COc1ccc(C=NNc2nc(N)cs2)c(F)c1. The van der Waals surface area contributed by atoms with Gasteiger partial charge in [-0.05, 0) is 12.1 Å². The lowest BCUT2D eigenvalue weighted by atomic mass is 10.2. The lowest BCUT2D eigenvalue weighted by Crippen LogP contribution is -1.94. The Morgan fingerprint density at radius 1 is 1.56 bits per heavy atom. The molecule has 0 spiro atoms. The van der Waals surface area contributed by atoms with Gasteiger partial charge in [0.15, 0.2) is 0 Å². The van der Waals surface area contributed by atoms with Crippen LogP contribution in [-0.4, -0.2) is 18.3 Å². The molecular weight excluding hydrogens is 255 g/mol. The van der Waals surface area contributed by atoms with Crippen molar-refractivity contribution in [1.82, 2.24) is 4.98 Å². The minimum atomic E-state index is -0.404. The van der Waals surface area contributed by atoms with Crippen LogP contribution in [0.1, 0.15) is 5.56 Å². The molecule has 5 nitrogen and oxygen atoms in total. The Kier molecular flexibility index (Phi) is 3.73. The van der Waals surface area contributed by atoms with E-state index in [2.05, 4.69) is 15.5 Å². The summed E-state index contributed by atoms with van der Waals surface area (Å²) in [4.78, 5) is 3.95. The number of halogens is 1. The fraction of sp³-hybridized carbons (Fsp3) is 0.0909. The lowest BCUT2D eigenvalue weighted by Gasteiger charge is -2.01. The Balaban J connectivity index is 2.05. The number of methoxy groups -OCH3 is 1. The highest BCUT2D eigenvalue weighted by Gasteiger charge is 2.01. The predicted octanol–water partition coefficient (Wildman–Crippen LogP) is 2.32. The van der Waals surface area contributed by atoms with Gasteiger partial charge in [-0.2, -0.15) is 5.10 Å². The normalized spacial score (nSPS) is 10.8. The van der Waals surface area contributed by atoms with Crippen LogP contribution in [-0.2, 0) is 0 Å². The summed E-state index contributed by atoms with van der Waals surface area (Å²) in [7, 11) is 1.48. The largest absolute Gasteiger partial charge is 0.497 e. The van der Waals surface area contributed by atoms with Crippen LogP contribution in [0.3, 0.4) is 0 Å². The zero-order valence-corrected chi connectivity index (χ0v) is 10.4. The molecule has 2 aromatic rings. The van der Waals surface area contributed by atoms with Gasteiger partial charge in [-0.3, -0.25) is 5.43 Å². The summed E-state index contributed by atoms with van der Waals surface area (Å²) >= 11 is 1.32. The van der Waals surface area contributed by atoms with Gasteiger partial charge in [-0.1, -0.05) is 0 Å². The minimum absolute atomic E-state index is 0.354. The molecule has 0 unspecified atom stereocenters. The Morgan fingerprint density at radius 3 is 3.00 bits per heavy atom. The molecule has 1 heterocycles. The molecule has 0 aliphatic carbocycles. The Labute approximate surface area is 107 Å². The molecule has 0 saturated carbocycles. The summed E-state index contributed by atoms with van der Waals surface area (Å²) < 4.78 is 18.4. The van der Waals surface area contributed by atoms with Crippen LogP contribution >= 0.6 is 11.3 Å². The molecule has 1 aromatic heterocycles. The van der Waals surface area contributed by atoms with Crippen LogP contribution in [0.4, 0.5) is 15.3 Å². The number of anilines is 2. The van der Waals surface area contributed by atoms with Crippen LogP contribution < -0.4 is 15.9 Å². The number of nitrogens with zero attached hydrogens (tertiary/aromatic N) is 2. The van der Waals surface area contributed by atoms with Crippen LogP contribution in [0.2, 0.25) is 0 Å². The summed E-state index contributed by atoms with van der Waals surface area (Å²) in [5.41, 5.74) is 8.47. The molecule has 1 aromatic carbocycles. The van der Waals surface area contributed by atoms with Crippen LogP contribution in [0.25, 0.3) is 0 Å². The van der Waals surface area contributed by atoms with Crippen molar-refractivity contribution in [2.24, 2.45) is 5.10 Å². The summed E-state index contributed by atoms with van der Waals surface area (Å²) in [6.45, 7) is 0. The number of aromatic nitrogens is 1. The average molecular weight is 266 g/mol. The summed E-state index contributed by atoms with van der Waals surface area (Å²) in [5, 5.41) is 6.12. The van der Waals surface area contributed by atoms with Gasteiger partial charge in [0.05, 0.1) is 13.3 Å². The second kappa shape index (κ2) is 5.46. The van der Waals surface area contributed by atoms with E-state index in [0.717, 1.165) is 0 Å². The van der Waals surface area contributed by atoms with E-state index < -0.39 is 5.82 Å². The fourth-order valence-electron chi connectivity index (χ4n) is 1.23. The first kappa shape index (κ1) is 12.3. The van der Waals surface area contributed by atoms with Gasteiger partial charge in [0.2, 0.25) is 5.13 Å². The zero-order chi connectivity index (χ0) is 13.0. The highest BCUT2D eigenvalue weighted by atomic mass is 32.1. The number of ether oxygens (including phenoxy) is 1. The molecule has 18 heavy (non-hydrogen) atoms. The molecule has 0 fully saturated rings. The highest BCUT2D eigenvalue weighted by molar-refractivity contribution is 7.14. The van der Waals surface area contributed by atoms with Gasteiger partial charge in [0, 0.05) is 17.0 Å². The molecule has 0 bridgehead atoms. The molecule has 0 aliphatic rings.